The summed E-state index contributed by atoms with van der Waals surface area (Å²) in [5.74, 6) is 0.657. The zero-order valence-corrected chi connectivity index (χ0v) is 68.5. The van der Waals surface area contributed by atoms with Gasteiger partial charge in [-0.25, -0.2) is 0 Å². The third-order valence-corrected chi connectivity index (χ3v) is 24.4. The number of hydrogen-bond acceptors (Lipinski definition) is 12. The molecule has 120 heavy (non-hydrogen) atoms. The fraction of sp³-hybridized carbons (Fsp3) is 0.180. The summed E-state index contributed by atoms with van der Waals surface area (Å²) in [4.78, 5) is 75.8. The molecule has 0 saturated carbocycles. The molecule has 11 aromatic carbocycles. The molecule has 4 aliphatic heterocycles. The van der Waals surface area contributed by atoms with E-state index in [1.54, 1.807) is 38.0 Å². The zero-order chi connectivity index (χ0) is 83.5. The van der Waals surface area contributed by atoms with Crippen LogP contribution >= 0.6 is 11.3 Å². The van der Waals surface area contributed by atoms with Crippen LogP contribution < -0.4 is 33.8 Å². The lowest BCUT2D eigenvalue weighted by molar-refractivity contribution is -0.132. The van der Waals surface area contributed by atoms with Crippen LogP contribution in [0.3, 0.4) is 0 Å². The van der Waals surface area contributed by atoms with E-state index in [1.165, 1.54) is 0 Å². The highest BCUT2D eigenvalue weighted by molar-refractivity contribution is 7.09. The predicted octanol–water partition coefficient (Wildman–Crippen LogP) is 17.8. The van der Waals surface area contributed by atoms with E-state index in [-0.39, 0.29) is 36.8 Å². The van der Waals surface area contributed by atoms with Crippen LogP contribution in [-0.2, 0) is 54.7 Å². The second kappa shape index (κ2) is 31.7. The summed E-state index contributed by atoms with van der Waals surface area (Å²) in [5.41, 5.74) is 12.2. The van der Waals surface area contributed by atoms with Gasteiger partial charge < -0.3 is 74.2 Å². The number of thiophene rings is 1. The fourth-order valence-electron chi connectivity index (χ4n) is 18.0. The standard InChI is InChI=1S/C26H24N2O4.C26H24N2O3.C26H24N2O2.C22H18N2O2S/c1-17-24(18-9-3-5-11-20(18)27-17)26(30)19-10-4-6-12-21(19)28(25(26)29)15-16-32-23-14-8-7-13-22(23)31-2;1-17-11-13-19(14-12-17)31-16-15-28-23-10-6-4-8-21(23)26(30,25(28)29)24-18(2)27-22-9-5-3-7-20(22)24;1-16-12-13-17(2)19(14-16)15-28-23-11-7-5-9-21(23)26(30,25(28)29)24-18(3)27-22-10-6-4-8-20(22)24;1-14-20(16-8-2-4-10-18(16)23-14)22(26)17-9-3-5-11-19(17)24(21(22)25)13-15-7-6-12-27-15/h3-14,27,30H,15-16H2,1-2H3;3-14,27,30H,15-16H2,1-2H3;4-14,27,30H,15H2,1-3H3;2-12,23,26H,13H2,1H3. The number of nitrogens with zero attached hydrogens (tertiary/aromatic N) is 4. The number of hydrogen-bond donors (Lipinski definition) is 8. The number of carbonyl (C=O) groups is 4. The summed E-state index contributed by atoms with van der Waals surface area (Å²) in [6, 6.07) is 86.4. The SMILES string of the molecule is COc1ccccc1OCCN1C(=O)C(O)(c2c(C)[nH]c3ccccc23)c2ccccc21.Cc1[nH]c2ccccc2c1C1(O)C(=O)N(Cc2cccs2)c2ccccc21.Cc1ccc(C)c(CN2C(=O)C(O)(c3c(C)[nH]c4ccccc34)c3ccccc32)c1.Cc1ccc(OCCN2C(=O)C(O)(c3c(C)[nH]c4ccccc34)c3ccccc32)cc1. The molecule has 4 amide bonds. The van der Waals surface area contributed by atoms with Gasteiger partial charge in [-0.1, -0.05) is 205 Å². The first-order valence-corrected chi connectivity index (χ1v) is 40.9. The Labute approximate surface area is 697 Å². The Bertz CT molecular complexity index is 6640. The van der Waals surface area contributed by atoms with Crippen LogP contribution in [0.4, 0.5) is 22.7 Å². The maximum Gasteiger partial charge on any atom is 0.268 e. The number of nitrogens with one attached hydrogen (secondary N) is 4. The molecule has 4 unspecified atom stereocenters. The van der Waals surface area contributed by atoms with E-state index in [9.17, 15) is 39.6 Å². The zero-order valence-electron chi connectivity index (χ0n) is 67.6. The number of carbonyl (C=O) groups excluding carboxylic acids is 4. The Kier molecular flexibility index (Phi) is 20.8. The molecule has 16 aromatic rings. The molecule has 0 fully saturated rings. The molecular weight excluding hydrogens is 1520 g/mol. The Hall–Kier alpha value is -13.6. The van der Waals surface area contributed by atoms with E-state index in [4.69, 9.17) is 14.2 Å². The average Bonchev–Trinajstić information content (AvgIpc) is 1.57. The van der Waals surface area contributed by atoms with Crippen molar-refractivity contribution in [2.45, 2.75) is 84.0 Å². The summed E-state index contributed by atoms with van der Waals surface area (Å²) < 4.78 is 17.1. The number of ether oxygens (including phenoxy) is 3. The van der Waals surface area contributed by atoms with Crippen molar-refractivity contribution in [2.75, 3.05) is 53.0 Å². The van der Waals surface area contributed by atoms with Crippen molar-refractivity contribution < 1.29 is 53.8 Å². The minimum atomic E-state index is -1.77. The smallest absolute Gasteiger partial charge is 0.268 e. The molecule has 20 heteroatoms. The molecule has 0 bridgehead atoms. The molecule has 0 radical (unpaired) electrons. The van der Waals surface area contributed by atoms with Crippen LogP contribution in [0.25, 0.3) is 43.6 Å². The second-order valence-electron chi connectivity index (χ2n) is 31.0. The number of aryl methyl sites for hydroxylation is 7. The molecule has 0 saturated heterocycles. The van der Waals surface area contributed by atoms with Crippen molar-refractivity contribution in [3.63, 3.8) is 0 Å². The van der Waals surface area contributed by atoms with Crippen molar-refractivity contribution in [2.24, 2.45) is 0 Å². The number of para-hydroxylation sites is 10. The number of aliphatic hydroxyl groups is 4. The van der Waals surface area contributed by atoms with Crippen LogP contribution in [0, 0.1) is 48.5 Å². The maximum absolute atomic E-state index is 13.8. The van der Waals surface area contributed by atoms with E-state index < -0.39 is 22.4 Å². The molecule has 4 aliphatic rings. The number of aromatic amines is 4. The number of fused-ring (bicyclic) bond motifs is 8. The predicted molar refractivity (Wildman–Crippen MR) is 472 cm³/mol. The number of amides is 4. The number of H-pyrrole nitrogens is 4. The van der Waals surface area contributed by atoms with Crippen LogP contribution in [-0.4, -0.2) is 97.4 Å². The summed E-state index contributed by atoms with van der Waals surface area (Å²) in [5, 5.41) is 53.1. The first kappa shape index (κ1) is 78.9. The number of rotatable bonds is 17. The van der Waals surface area contributed by atoms with Gasteiger partial charge in [0.2, 0.25) is 0 Å². The van der Waals surface area contributed by atoms with Gasteiger partial charge in [0.1, 0.15) is 19.0 Å². The molecule has 8 N–H and O–H groups in total. The van der Waals surface area contributed by atoms with Crippen molar-refractivity contribution in [1.82, 2.24) is 19.9 Å². The van der Waals surface area contributed by atoms with Crippen LogP contribution in [0.2, 0.25) is 0 Å². The van der Waals surface area contributed by atoms with Gasteiger partial charge in [0.05, 0.1) is 56.0 Å². The lowest BCUT2D eigenvalue weighted by Crippen LogP contribution is -2.43. The molecule has 5 aromatic heterocycles. The number of benzene rings is 11. The fourth-order valence-corrected chi connectivity index (χ4v) is 18.7. The second-order valence-corrected chi connectivity index (χ2v) is 32.0. The maximum atomic E-state index is 13.8. The Morgan fingerprint density at radius 2 is 0.675 bits per heavy atom. The third-order valence-electron chi connectivity index (χ3n) is 23.6. The van der Waals surface area contributed by atoms with Gasteiger partial charge >= 0.3 is 0 Å². The van der Waals surface area contributed by atoms with Crippen LogP contribution in [0.1, 0.15) is 94.4 Å². The summed E-state index contributed by atoms with van der Waals surface area (Å²) in [6.07, 6.45) is 0. The van der Waals surface area contributed by atoms with Crippen LogP contribution in [0.15, 0.2) is 278 Å². The normalized spacial score (nSPS) is 18.2. The molecule has 9 heterocycles. The molecule has 602 valence electrons. The quantitative estimate of drug-likeness (QED) is 0.0425. The average molecular weight is 1610 g/mol. The van der Waals surface area contributed by atoms with E-state index >= 15 is 0 Å². The monoisotopic (exact) mass is 1610 g/mol. The number of anilines is 4. The highest BCUT2D eigenvalue weighted by Crippen LogP contribution is 2.53. The number of aromatic nitrogens is 4. The third kappa shape index (κ3) is 13.3. The topological polar surface area (TPSA) is 253 Å². The minimum absolute atomic E-state index is 0.253. The van der Waals surface area contributed by atoms with Gasteiger partial charge in [0.25, 0.3) is 23.6 Å². The van der Waals surface area contributed by atoms with Crippen molar-refractivity contribution in [1.29, 1.82) is 0 Å². The van der Waals surface area contributed by atoms with Gasteiger partial charge in [0, 0.05) is 116 Å². The van der Waals surface area contributed by atoms with E-state index in [0.717, 1.165) is 111 Å². The molecular formula is C100H90N8O11S. The van der Waals surface area contributed by atoms with Crippen molar-refractivity contribution >= 4 is 101 Å². The van der Waals surface area contributed by atoms with Crippen molar-refractivity contribution in [3.05, 3.63) is 373 Å². The minimum Gasteiger partial charge on any atom is -0.493 e. The van der Waals surface area contributed by atoms with Gasteiger partial charge in [-0.15, -0.1) is 11.3 Å². The summed E-state index contributed by atoms with van der Waals surface area (Å²) in [6.45, 7) is 15.8. The Morgan fingerprint density at radius 1 is 0.342 bits per heavy atom. The van der Waals surface area contributed by atoms with E-state index in [1.807, 2.05) is 302 Å². The molecule has 4 atom stereocenters. The largest absolute Gasteiger partial charge is 0.493 e. The number of methoxy groups -OCH3 is 1. The lowest BCUT2D eigenvalue weighted by Gasteiger charge is -2.24. The molecule has 0 aliphatic carbocycles. The van der Waals surface area contributed by atoms with Crippen molar-refractivity contribution in [3.8, 4) is 17.2 Å². The molecule has 19 nitrogen and oxygen atoms in total. The lowest BCUT2D eigenvalue weighted by atomic mass is 9.85. The summed E-state index contributed by atoms with van der Waals surface area (Å²) in [7, 11) is 1.59. The Balaban J connectivity index is 0.000000114. The van der Waals surface area contributed by atoms with Gasteiger partial charge in [-0.05, 0) is 144 Å². The van der Waals surface area contributed by atoms with Gasteiger partial charge in [0.15, 0.2) is 33.9 Å². The molecule has 0 spiro atoms. The first-order valence-electron chi connectivity index (χ1n) is 40.0. The first-order chi connectivity index (χ1) is 58.1. The van der Waals surface area contributed by atoms with Gasteiger partial charge in [-0.2, -0.15) is 0 Å². The highest BCUT2D eigenvalue weighted by Gasteiger charge is 2.57. The molecule has 20 rings (SSSR count). The van der Waals surface area contributed by atoms with E-state index in [0.29, 0.717) is 93.6 Å². The highest BCUT2D eigenvalue weighted by atomic mass is 32.1. The van der Waals surface area contributed by atoms with E-state index in [2.05, 4.69) is 45.1 Å². The van der Waals surface area contributed by atoms with Gasteiger partial charge in [-0.3, -0.25) is 19.2 Å². The summed E-state index contributed by atoms with van der Waals surface area (Å²) >= 11 is 1.61. The van der Waals surface area contributed by atoms with Crippen LogP contribution in [0.5, 0.6) is 17.2 Å². The Morgan fingerprint density at radius 3 is 1.07 bits per heavy atom.